The number of rotatable bonds is 2. The van der Waals surface area contributed by atoms with Crippen LogP contribution in [0.4, 0.5) is 4.39 Å². The molecule has 0 aliphatic rings. The van der Waals surface area contributed by atoms with Gasteiger partial charge in [-0.15, -0.1) is 0 Å². The first-order chi connectivity index (χ1) is 4.83. The second-order valence-electron chi connectivity index (χ2n) is 1.77. The Kier molecular flexibility index (Phi) is 2.20. The molecule has 0 amide bonds. The second-order valence-corrected chi connectivity index (χ2v) is 1.77. The van der Waals surface area contributed by atoms with Crippen LogP contribution >= 0.6 is 0 Å². The van der Waals surface area contributed by atoms with Crippen LogP contribution in [-0.2, 0) is 0 Å². The van der Waals surface area contributed by atoms with E-state index in [4.69, 9.17) is 4.74 Å². The van der Waals surface area contributed by atoms with E-state index >= 15 is 0 Å². The maximum atomic E-state index is 12.3. The van der Waals surface area contributed by atoms with Gasteiger partial charge in [-0.05, 0) is 6.92 Å². The first kappa shape index (κ1) is 6.99. The number of hydrogen-bond donors (Lipinski definition) is 0. The van der Waals surface area contributed by atoms with Crippen LogP contribution in [0.15, 0.2) is 18.5 Å². The Labute approximate surface area is 58.7 Å². The summed E-state index contributed by atoms with van der Waals surface area (Å²) in [6.07, 6.45) is 2.62. The van der Waals surface area contributed by atoms with Gasteiger partial charge >= 0.3 is 0 Å². The molecule has 1 heterocycles. The lowest BCUT2D eigenvalue weighted by molar-refractivity contribution is 0.336. The largest absolute Gasteiger partial charge is 0.492 e. The van der Waals surface area contributed by atoms with Gasteiger partial charge in [-0.1, -0.05) is 0 Å². The second kappa shape index (κ2) is 3.15. The zero-order valence-corrected chi connectivity index (χ0v) is 5.67. The Bertz CT molecular complexity index is 215. The van der Waals surface area contributed by atoms with Crippen LogP contribution in [0.25, 0.3) is 0 Å². The molecule has 0 fully saturated rings. The van der Waals surface area contributed by atoms with Crippen molar-refractivity contribution in [3.05, 3.63) is 24.3 Å². The topological polar surface area (TPSA) is 22.1 Å². The summed E-state index contributed by atoms with van der Waals surface area (Å²) in [4.78, 5) is 3.60. The quantitative estimate of drug-likeness (QED) is 0.624. The fraction of sp³-hybridized carbons (Fsp3) is 0.286. The lowest BCUT2D eigenvalue weighted by Gasteiger charge is -1.99. The third kappa shape index (κ3) is 1.69. The highest BCUT2D eigenvalue weighted by Gasteiger charge is 1.93. The van der Waals surface area contributed by atoms with Gasteiger partial charge in [-0.3, -0.25) is 4.98 Å². The smallest absolute Gasteiger partial charge is 0.145 e. The average Bonchev–Trinajstić information content (AvgIpc) is 1.88. The van der Waals surface area contributed by atoms with E-state index in [9.17, 15) is 4.39 Å². The van der Waals surface area contributed by atoms with Crippen LogP contribution in [0.3, 0.4) is 0 Å². The lowest BCUT2D eigenvalue weighted by Crippen LogP contribution is -1.92. The molecule has 1 aromatic heterocycles. The van der Waals surface area contributed by atoms with E-state index in [1.165, 1.54) is 12.3 Å². The summed E-state index contributed by atoms with van der Waals surface area (Å²) in [7, 11) is 0. The molecule has 0 unspecified atom stereocenters. The van der Waals surface area contributed by atoms with E-state index in [2.05, 4.69) is 4.98 Å². The minimum atomic E-state index is -0.369. The number of ether oxygens (including phenoxy) is 1. The van der Waals surface area contributed by atoms with Gasteiger partial charge < -0.3 is 4.74 Å². The van der Waals surface area contributed by atoms with Crippen LogP contribution in [0.5, 0.6) is 5.75 Å². The first-order valence-corrected chi connectivity index (χ1v) is 3.06. The summed E-state index contributed by atoms with van der Waals surface area (Å²) in [6, 6.07) is 1.30. The van der Waals surface area contributed by atoms with Crippen molar-refractivity contribution in [1.82, 2.24) is 4.98 Å². The molecule has 3 heteroatoms. The number of nitrogens with zero attached hydrogens (tertiary/aromatic N) is 1. The van der Waals surface area contributed by atoms with Crippen LogP contribution in [0.1, 0.15) is 6.92 Å². The van der Waals surface area contributed by atoms with Crippen molar-refractivity contribution >= 4 is 0 Å². The van der Waals surface area contributed by atoms with Crippen molar-refractivity contribution in [2.75, 3.05) is 6.61 Å². The molecular weight excluding hydrogens is 133 g/mol. The Morgan fingerprint density at radius 1 is 1.60 bits per heavy atom. The van der Waals surface area contributed by atoms with Gasteiger partial charge in [-0.2, -0.15) is 0 Å². The molecular formula is C7H8FNO. The summed E-state index contributed by atoms with van der Waals surface area (Å²) in [5.41, 5.74) is 0. The van der Waals surface area contributed by atoms with E-state index in [0.717, 1.165) is 6.20 Å². The van der Waals surface area contributed by atoms with Gasteiger partial charge in [0.25, 0.3) is 0 Å². The average molecular weight is 141 g/mol. The highest BCUT2D eigenvalue weighted by atomic mass is 19.1. The third-order valence-corrected chi connectivity index (χ3v) is 0.991. The van der Waals surface area contributed by atoms with Crippen molar-refractivity contribution in [3.8, 4) is 5.75 Å². The number of pyridine rings is 1. The molecule has 0 saturated carbocycles. The summed E-state index contributed by atoms with van der Waals surface area (Å²) < 4.78 is 17.3. The summed E-state index contributed by atoms with van der Waals surface area (Å²) >= 11 is 0. The normalized spacial score (nSPS) is 9.40. The predicted molar refractivity (Wildman–Crippen MR) is 35.4 cm³/mol. The monoisotopic (exact) mass is 141 g/mol. The number of hydrogen-bond acceptors (Lipinski definition) is 2. The molecule has 54 valence electrons. The van der Waals surface area contributed by atoms with Crippen molar-refractivity contribution in [1.29, 1.82) is 0 Å². The van der Waals surface area contributed by atoms with Gasteiger partial charge in [-0.25, -0.2) is 4.39 Å². The van der Waals surface area contributed by atoms with E-state index < -0.39 is 0 Å². The predicted octanol–water partition coefficient (Wildman–Crippen LogP) is 1.62. The maximum Gasteiger partial charge on any atom is 0.145 e. The molecule has 0 atom stereocenters. The zero-order chi connectivity index (χ0) is 7.40. The van der Waals surface area contributed by atoms with Crippen molar-refractivity contribution in [2.45, 2.75) is 6.92 Å². The molecule has 1 aromatic rings. The van der Waals surface area contributed by atoms with Gasteiger partial charge in [0.05, 0.1) is 19.0 Å². The fourth-order valence-corrected chi connectivity index (χ4v) is 0.638. The van der Waals surface area contributed by atoms with Gasteiger partial charge in [0, 0.05) is 6.07 Å². The Morgan fingerprint density at radius 3 is 3.00 bits per heavy atom. The van der Waals surface area contributed by atoms with E-state index in [1.54, 1.807) is 0 Å². The van der Waals surface area contributed by atoms with E-state index in [0.29, 0.717) is 12.4 Å². The molecule has 0 radical (unpaired) electrons. The Balaban J connectivity index is 2.75. The SMILES string of the molecule is CCOc1cncc(F)c1. The van der Waals surface area contributed by atoms with Crippen LogP contribution in [0, 0.1) is 5.82 Å². The maximum absolute atomic E-state index is 12.3. The molecule has 10 heavy (non-hydrogen) atoms. The van der Waals surface area contributed by atoms with Crippen molar-refractivity contribution in [2.24, 2.45) is 0 Å². The number of aromatic nitrogens is 1. The minimum absolute atomic E-state index is 0.369. The lowest BCUT2D eigenvalue weighted by atomic mass is 10.4. The molecule has 0 aliphatic carbocycles. The third-order valence-electron chi connectivity index (χ3n) is 0.991. The van der Waals surface area contributed by atoms with Crippen molar-refractivity contribution < 1.29 is 9.13 Å². The molecule has 0 saturated heterocycles. The highest BCUT2D eigenvalue weighted by molar-refractivity contribution is 5.16. The molecule has 0 aromatic carbocycles. The highest BCUT2D eigenvalue weighted by Crippen LogP contribution is 2.08. The molecule has 0 aliphatic heterocycles. The summed E-state index contributed by atoms with van der Waals surface area (Å²) in [6.45, 7) is 2.37. The molecule has 0 bridgehead atoms. The standard InChI is InChI=1S/C7H8FNO/c1-2-10-7-3-6(8)4-9-5-7/h3-5H,2H2,1H3. The Morgan fingerprint density at radius 2 is 2.40 bits per heavy atom. The molecule has 1 rings (SSSR count). The van der Waals surface area contributed by atoms with Crippen LogP contribution < -0.4 is 4.74 Å². The first-order valence-electron chi connectivity index (χ1n) is 3.06. The van der Waals surface area contributed by atoms with Crippen LogP contribution in [-0.4, -0.2) is 11.6 Å². The minimum Gasteiger partial charge on any atom is -0.492 e. The van der Waals surface area contributed by atoms with E-state index in [-0.39, 0.29) is 5.82 Å². The zero-order valence-electron chi connectivity index (χ0n) is 5.67. The summed E-state index contributed by atoms with van der Waals surface area (Å²) in [5.74, 6) is 0.105. The van der Waals surface area contributed by atoms with Crippen LogP contribution in [0.2, 0.25) is 0 Å². The van der Waals surface area contributed by atoms with Crippen molar-refractivity contribution in [3.63, 3.8) is 0 Å². The molecule has 2 nitrogen and oxygen atoms in total. The van der Waals surface area contributed by atoms with Gasteiger partial charge in [0.2, 0.25) is 0 Å². The fourth-order valence-electron chi connectivity index (χ4n) is 0.638. The molecule has 0 spiro atoms. The Hall–Kier alpha value is -1.12. The van der Waals surface area contributed by atoms with Gasteiger partial charge in [0.1, 0.15) is 11.6 Å². The summed E-state index contributed by atoms with van der Waals surface area (Å²) in [5, 5.41) is 0. The molecule has 0 N–H and O–H groups in total. The van der Waals surface area contributed by atoms with Gasteiger partial charge in [0.15, 0.2) is 0 Å². The van der Waals surface area contributed by atoms with E-state index in [1.807, 2.05) is 6.92 Å². The number of halogens is 1.